The molecule has 2 aliphatic rings. The summed E-state index contributed by atoms with van der Waals surface area (Å²) >= 11 is 6.21. The van der Waals surface area contributed by atoms with Gasteiger partial charge in [0.1, 0.15) is 11.5 Å². The Morgan fingerprint density at radius 1 is 1.11 bits per heavy atom. The van der Waals surface area contributed by atoms with Crippen molar-refractivity contribution >= 4 is 28.4 Å². The number of amides is 1. The molecule has 7 nitrogen and oxygen atoms in total. The van der Waals surface area contributed by atoms with Crippen LogP contribution >= 0.6 is 11.6 Å². The summed E-state index contributed by atoms with van der Waals surface area (Å²) in [4.78, 5) is 24.4. The lowest BCUT2D eigenvalue weighted by atomic mass is 9.91. The Hall–Kier alpha value is -2.12. The molecular formula is C20H25ClN4O3. The van der Waals surface area contributed by atoms with Crippen LogP contribution in [0.5, 0.6) is 11.5 Å². The second-order valence-corrected chi connectivity index (χ2v) is 7.88. The fourth-order valence-corrected chi connectivity index (χ4v) is 4.28. The van der Waals surface area contributed by atoms with Crippen LogP contribution in [0.1, 0.15) is 25.7 Å². The van der Waals surface area contributed by atoms with Crippen molar-refractivity contribution < 1.29 is 14.3 Å². The van der Waals surface area contributed by atoms with Gasteiger partial charge in [-0.15, -0.1) is 0 Å². The maximum Gasteiger partial charge on any atom is 0.236 e. The average Bonchev–Trinajstić information content (AvgIpc) is 2.71. The van der Waals surface area contributed by atoms with Gasteiger partial charge in [-0.2, -0.15) is 0 Å². The van der Waals surface area contributed by atoms with E-state index in [0.29, 0.717) is 29.2 Å². The summed E-state index contributed by atoms with van der Waals surface area (Å²) in [5.41, 5.74) is 0.729. The second-order valence-electron chi connectivity index (χ2n) is 7.52. The van der Waals surface area contributed by atoms with E-state index >= 15 is 0 Å². The molecule has 4 rings (SSSR count). The van der Waals surface area contributed by atoms with Crippen LogP contribution in [0.2, 0.25) is 5.15 Å². The molecular weight excluding hydrogens is 380 g/mol. The molecule has 2 heterocycles. The van der Waals surface area contributed by atoms with Gasteiger partial charge in [-0.3, -0.25) is 9.69 Å². The largest absolute Gasteiger partial charge is 0.493 e. The molecule has 0 atom stereocenters. The minimum absolute atomic E-state index is 0.120. The van der Waals surface area contributed by atoms with Crippen LogP contribution in [0.3, 0.4) is 0 Å². The molecule has 1 aliphatic heterocycles. The van der Waals surface area contributed by atoms with E-state index in [2.05, 4.69) is 14.9 Å². The number of rotatable bonds is 4. The number of hydrogen-bond acceptors (Lipinski definition) is 6. The molecule has 0 spiro atoms. The van der Waals surface area contributed by atoms with Crippen LogP contribution in [0.25, 0.3) is 10.9 Å². The van der Waals surface area contributed by atoms with E-state index in [9.17, 15) is 4.79 Å². The fraction of sp³-hybridized carbons (Fsp3) is 0.550. The van der Waals surface area contributed by atoms with Gasteiger partial charge in [0, 0.05) is 37.6 Å². The van der Waals surface area contributed by atoms with Crippen LogP contribution in [-0.4, -0.2) is 71.6 Å². The number of fused-ring (bicyclic) bond motifs is 1. The Morgan fingerprint density at radius 2 is 1.89 bits per heavy atom. The van der Waals surface area contributed by atoms with Crippen molar-refractivity contribution in [2.45, 2.75) is 37.8 Å². The number of carbonyl (C=O) groups excluding carboxylic acids is 1. The predicted octanol–water partition coefficient (Wildman–Crippen LogP) is 2.76. The van der Waals surface area contributed by atoms with Gasteiger partial charge in [0.15, 0.2) is 11.5 Å². The molecule has 8 heteroatoms. The van der Waals surface area contributed by atoms with Crippen LogP contribution in [0.15, 0.2) is 18.5 Å². The Kier molecular flexibility index (Phi) is 5.55. The standard InChI is InChI=1S/C20H25ClN4O3/c1-24-7-8-25(11-19(24)26)13-3-5-14(6-4-13)28-18-9-15-16(10-17(18)27-2)22-12-23-20(15)21/h9-10,12-14H,3-8,11H2,1-2H3/t13-,14-. The average molecular weight is 405 g/mol. The molecule has 1 aromatic heterocycles. The number of likely N-dealkylation sites (N-methyl/N-ethyl adjacent to an activating group) is 1. The third kappa shape index (κ3) is 3.86. The fourth-order valence-electron chi connectivity index (χ4n) is 4.08. The Balaban J connectivity index is 1.42. The van der Waals surface area contributed by atoms with Gasteiger partial charge in [-0.1, -0.05) is 11.6 Å². The summed E-state index contributed by atoms with van der Waals surface area (Å²) in [5, 5.41) is 1.16. The van der Waals surface area contributed by atoms with Crippen molar-refractivity contribution in [3.8, 4) is 11.5 Å². The number of hydrogen-bond donors (Lipinski definition) is 0. The van der Waals surface area contributed by atoms with Gasteiger partial charge in [-0.05, 0) is 31.7 Å². The van der Waals surface area contributed by atoms with E-state index < -0.39 is 0 Å². The number of ether oxygens (including phenoxy) is 2. The molecule has 0 bridgehead atoms. The Morgan fingerprint density at radius 3 is 2.61 bits per heavy atom. The topological polar surface area (TPSA) is 67.8 Å². The van der Waals surface area contributed by atoms with Crippen molar-refractivity contribution in [1.82, 2.24) is 19.8 Å². The number of benzene rings is 1. The molecule has 1 saturated heterocycles. The Bertz CT molecular complexity index is 870. The first-order chi connectivity index (χ1) is 13.5. The van der Waals surface area contributed by atoms with Gasteiger partial charge < -0.3 is 14.4 Å². The molecule has 1 aliphatic carbocycles. The Labute approximate surface area is 169 Å². The summed E-state index contributed by atoms with van der Waals surface area (Å²) in [6.45, 7) is 2.30. The van der Waals surface area contributed by atoms with Gasteiger partial charge in [-0.25, -0.2) is 9.97 Å². The van der Waals surface area contributed by atoms with E-state index in [1.807, 2.05) is 24.1 Å². The monoisotopic (exact) mass is 404 g/mol. The normalized spacial score (nSPS) is 23.8. The van der Waals surface area contributed by atoms with Crippen molar-refractivity contribution in [3.05, 3.63) is 23.6 Å². The van der Waals surface area contributed by atoms with Crippen LogP contribution in [0, 0.1) is 0 Å². The zero-order valence-electron chi connectivity index (χ0n) is 16.2. The maximum absolute atomic E-state index is 12.0. The minimum atomic E-state index is 0.120. The lowest BCUT2D eigenvalue weighted by Gasteiger charge is -2.40. The number of piperazine rings is 1. The van der Waals surface area contributed by atoms with E-state index in [4.69, 9.17) is 21.1 Å². The smallest absolute Gasteiger partial charge is 0.236 e. The summed E-state index contributed by atoms with van der Waals surface area (Å²) in [7, 11) is 3.50. The maximum atomic E-state index is 12.0. The molecule has 150 valence electrons. The SMILES string of the molecule is COc1cc2ncnc(Cl)c2cc1O[C@H]1CC[C@H](N2CCN(C)C(=O)C2)CC1. The third-order valence-electron chi connectivity index (χ3n) is 5.81. The lowest BCUT2D eigenvalue weighted by molar-refractivity contribution is -0.135. The minimum Gasteiger partial charge on any atom is -0.493 e. The molecule has 1 amide bonds. The number of halogens is 1. The molecule has 0 N–H and O–H groups in total. The van der Waals surface area contributed by atoms with Crippen LogP contribution in [0.4, 0.5) is 0 Å². The third-order valence-corrected chi connectivity index (χ3v) is 6.11. The van der Waals surface area contributed by atoms with E-state index in [-0.39, 0.29) is 12.0 Å². The van der Waals surface area contributed by atoms with Crippen molar-refractivity contribution in [1.29, 1.82) is 0 Å². The van der Waals surface area contributed by atoms with Crippen molar-refractivity contribution in [3.63, 3.8) is 0 Å². The molecule has 0 unspecified atom stereocenters. The highest BCUT2D eigenvalue weighted by molar-refractivity contribution is 6.34. The van der Waals surface area contributed by atoms with E-state index in [1.165, 1.54) is 6.33 Å². The molecule has 28 heavy (non-hydrogen) atoms. The summed E-state index contributed by atoms with van der Waals surface area (Å²) in [6, 6.07) is 4.15. The highest BCUT2D eigenvalue weighted by Gasteiger charge is 2.31. The zero-order chi connectivity index (χ0) is 19.7. The molecule has 1 aromatic carbocycles. The number of aromatic nitrogens is 2. The molecule has 2 aromatic rings. The molecule has 2 fully saturated rings. The summed E-state index contributed by atoms with van der Waals surface area (Å²) in [5.74, 6) is 1.53. The molecule has 0 radical (unpaired) electrons. The van der Waals surface area contributed by atoms with Gasteiger partial charge in [0.2, 0.25) is 5.91 Å². The first-order valence-electron chi connectivity index (χ1n) is 9.68. The van der Waals surface area contributed by atoms with Gasteiger partial charge in [0.25, 0.3) is 0 Å². The second kappa shape index (κ2) is 8.09. The quantitative estimate of drug-likeness (QED) is 0.730. The van der Waals surface area contributed by atoms with Crippen LogP contribution in [-0.2, 0) is 4.79 Å². The predicted molar refractivity (Wildman–Crippen MR) is 107 cm³/mol. The first-order valence-corrected chi connectivity index (χ1v) is 10.1. The summed E-state index contributed by atoms with van der Waals surface area (Å²) < 4.78 is 11.8. The van der Waals surface area contributed by atoms with E-state index in [1.54, 1.807) is 7.11 Å². The van der Waals surface area contributed by atoms with Crippen molar-refractivity contribution in [2.24, 2.45) is 0 Å². The number of nitrogens with zero attached hydrogens (tertiary/aromatic N) is 4. The lowest BCUT2D eigenvalue weighted by Crippen LogP contribution is -2.53. The van der Waals surface area contributed by atoms with E-state index in [0.717, 1.165) is 49.7 Å². The van der Waals surface area contributed by atoms with Gasteiger partial charge >= 0.3 is 0 Å². The van der Waals surface area contributed by atoms with Gasteiger partial charge in [0.05, 0.1) is 25.3 Å². The highest BCUT2D eigenvalue weighted by atomic mass is 35.5. The van der Waals surface area contributed by atoms with Crippen LogP contribution < -0.4 is 9.47 Å². The van der Waals surface area contributed by atoms with Crippen molar-refractivity contribution in [2.75, 3.05) is 33.8 Å². The molecule has 1 saturated carbocycles. The first kappa shape index (κ1) is 19.2. The highest BCUT2D eigenvalue weighted by Crippen LogP contribution is 2.36. The number of methoxy groups -OCH3 is 1. The number of carbonyl (C=O) groups is 1. The zero-order valence-corrected chi connectivity index (χ0v) is 17.0. The summed E-state index contributed by atoms with van der Waals surface area (Å²) in [6.07, 6.45) is 5.52.